The topological polar surface area (TPSA) is 59.2 Å². The van der Waals surface area contributed by atoms with E-state index in [9.17, 15) is 4.79 Å². The number of aromatic nitrogens is 1. The van der Waals surface area contributed by atoms with E-state index in [0.717, 1.165) is 6.54 Å². The fourth-order valence-corrected chi connectivity index (χ4v) is 1.80. The van der Waals surface area contributed by atoms with Crippen LogP contribution in [0.1, 0.15) is 28.8 Å². The average molecular weight is 243 g/mol. The van der Waals surface area contributed by atoms with Gasteiger partial charge in [-0.3, -0.25) is 9.78 Å². The van der Waals surface area contributed by atoms with Crippen LogP contribution >= 0.6 is 0 Å². The average Bonchev–Trinajstić information content (AvgIpc) is 3.19. The van der Waals surface area contributed by atoms with Crippen molar-refractivity contribution in [2.24, 2.45) is 11.7 Å². The molecule has 1 amide bonds. The van der Waals surface area contributed by atoms with Crippen LogP contribution < -0.4 is 5.73 Å². The van der Waals surface area contributed by atoms with Gasteiger partial charge in [-0.05, 0) is 24.8 Å². The van der Waals surface area contributed by atoms with Crippen LogP contribution in [0.5, 0.6) is 0 Å². The van der Waals surface area contributed by atoms with Crippen LogP contribution in [-0.2, 0) is 0 Å². The molecule has 1 aliphatic carbocycles. The second-order valence-corrected chi connectivity index (χ2v) is 4.56. The van der Waals surface area contributed by atoms with Gasteiger partial charge in [-0.1, -0.05) is 11.8 Å². The van der Waals surface area contributed by atoms with Crippen molar-refractivity contribution in [2.45, 2.75) is 12.8 Å². The highest BCUT2D eigenvalue weighted by molar-refractivity contribution is 5.96. The lowest BCUT2D eigenvalue weighted by atomic mass is 10.1. The minimum Gasteiger partial charge on any atom is -0.341 e. The third-order valence-corrected chi connectivity index (χ3v) is 2.95. The van der Waals surface area contributed by atoms with Gasteiger partial charge in [0, 0.05) is 26.0 Å². The third-order valence-electron chi connectivity index (χ3n) is 2.95. The lowest BCUT2D eigenvalue weighted by Gasteiger charge is -2.17. The first-order chi connectivity index (χ1) is 8.72. The van der Waals surface area contributed by atoms with Gasteiger partial charge in [0.25, 0.3) is 5.91 Å². The van der Waals surface area contributed by atoms with Crippen molar-refractivity contribution in [3.63, 3.8) is 0 Å². The summed E-state index contributed by atoms with van der Waals surface area (Å²) in [5.41, 5.74) is 6.60. The molecule has 0 radical (unpaired) electrons. The van der Waals surface area contributed by atoms with Gasteiger partial charge >= 0.3 is 0 Å². The molecular weight excluding hydrogens is 226 g/mol. The van der Waals surface area contributed by atoms with E-state index in [1.807, 2.05) is 7.05 Å². The quantitative estimate of drug-likeness (QED) is 0.801. The van der Waals surface area contributed by atoms with Crippen LogP contribution in [0.2, 0.25) is 0 Å². The molecule has 0 aromatic carbocycles. The molecule has 0 unspecified atom stereocenters. The third kappa shape index (κ3) is 3.08. The summed E-state index contributed by atoms with van der Waals surface area (Å²) in [5, 5.41) is 0. The van der Waals surface area contributed by atoms with Crippen LogP contribution in [0.4, 0.5) is 0 Å². The van der Waals surface area contributed by atoms with Gasteiger partial charge in [0.15, 0.2) is 0 Å². The first-order valence-electron chi connectivity index (χ1n) is 6.10. The Bertz CT molecular complexity index is 497. The molecule has 0 spiro atoms. The van der Waals surface area contributed by atoms with Gasteiger partial charge in [0.1, 0.15) is 0 Å². The van der Waals surface area contributed by atoms with E-state index in [1.54, 1.807) is 23.4 Å². The van der Waals surface area contributed by atoms with Crippen LogP contribution in [0, 0.1) is 17.8 Å². The normalized spacial score (nSPS) is 13.7. The number of rotatable bonds is 3. The van der Waals surface area contributed by atoms with E-state index in [0.29, 0.717) is 17.0 Å². The highest BCUT2D eigenvalue weighted by Crippen LogP contribution is 2.29. The fourth-order valence-electron chi connectivity index (χ4n) is 1.80. The second-order valence-electron chi connectivity index (χ2n) is 4.56. The molecule has 4 heteroatoms. The van der Waals surface area contributed by atoms with Crippen molar-refractivity contribution in [1.82, 2.24) is 9.88 Å². The molecule has 94 valence electrons. The summed E-state index contributed by atoms with van der Waals surface area (Å²) in [6.45, 7) is 1.10. The van der Waals surface area contributed by atoms with Crippen LogP contribution in [0.15, 0.2) is 18.5 Å². The number of carbonyl (C=O) groups is 1. The Kier molecular flexibility index (Phi) is 3.96. The molecule has 2 N–H and O–H groups in total. The number of hydrogen-bond donors (Lipinski definition) is 1. The van der Waals surface area contributed by atoms with E-state index < -0.39 is 0 Å². The molecule has 0 atom stereocenters. The SMILES string of the molecule is CN(CC1CC1)C(=O)c1ccncc1C#CCN. The van der Waals surface area contributed by atoms with Crippen molar-refractivity contribution in [1.29, 1.82) is 0 Å². The van der Waals surface area contributed by atoms with Gasteiger partial charge in [0.2, 0.25) is 0 Å². The Morgan fingerprint density at radius 1 is 1.61 bits per heavy atom. The first-order valence-corrected chi connectivity index (χ1v) is 6.10. The van der Waals surface area contributed by atoms with Crippen molar-refractivity contribution in [2.75, 3.05) is 20.1 Å². The van der Waals surface area contributed by atoms with Crippen molar-refractivity contribution < 1.29 is 4.79 Å². The molecule has 1 heterocycles. The van der Waals surface area contributed by atoms with Gasteiger partial charge in [-0.15, -0.1) is 0 Å². The van der Waals surface area contributed by atoms with Gasteiger partial charge in [-0.25, -0.2) is 0 Å². The van der Waals surface area contributed by atoms with E-state index in [2.05, 4.69) is 16.8 Å². The van der Waals surface area contributed by atoms with E-state index in [-0.39, 0.29) is 12.5 Å². The zero-order valence-electron chi connectivity index (χ0n) is 10.5. The molecule has 18 heavy (non-hydrogen) atoms. The predicted octanol–water partition coefficient (Wildman–Crippen LogP) is 0.874. The number of nitrogens with zero attached hydrogens (tertiary/aromatic N) is 2. The Labute approximate surface area is 107 Å². The Morgan fingerprint density at radius 3 is 3.06 bits per heavy atom. The van der Waals surface area contributed by atoms with Crippen LogP contribution in [-0.4, -0.2) is 35.9 Å². The number of pyridine rings is 1. The maximum Gasteiger partial charge on any atom is 0.254 e. The lowest BCUT2D eigenvalue weighted by molar-refractivity contribution is 0.0788. The smallest absolute Gasteiger partial charge is 0.254 e. The van der Waals surface area contributed by atoms with Gasteiger partial charge in [-0.2, -0.15) is 0 Å². The number of nitrogens with two attached hydrogens (primary N) is 1. The summed E-state index contributed by atoms with van der Waals surface area (Å²) in [6.07, 6.45) is 5.69. The summed E-state index contributed by atoms with van der Waals surface area (Å²) >= 11 is 0. The van der Waals surface area contributed by atoms with Crippen molar-refractivity contribution in [3.05, 3.63) is 29.6 Å². The summed E-state index contributed by atoms with van der Waals surface area (Å²) in [4.78, 5) is 18.1. The predicted molar refractivity (Wildman–Crippen MR) is 69.9 cm³/mol. The summed E-state index contributed by atoms with van der Waals surface area (Å²) in [6, 6.07) is 1.71. The zero-order chi connectivity index (χ0) is 13.0. The standard InChI is InChI=1S/C14H17N3O/c1-17(10-11-4-5-11)14(18)13-6-8-16-9-12(13)3-2-7-15/h6,8-9,11H,4-5,7,10,15H2,1H3. The second kappa shape index (κ2) is 5.65. The van der Waals surface area contributed by atoms with Crippen molar-refractivity contribution >= 4 is 5.91 Å². The summed E-state index contributed by atoms with van der Waals surface area (Å²) in [5.74, 6) is 6.34. The highest BCUT2D eigenvalue weighted by Gasteiger charge is 2.25. The molecular formula is C14H17N3O. The van der Waals surface area contributed by atoms with Crippen LogP contribution in [0.3, 0.4) is 0 Å². The molecule has 1 saturated carbocycles. The molecule has 1 fully saturated rings. The monoisotopic (exact) mass is 243 g/mol. The lowest BCUT2D eigenvalue weighted by Crippen LogP contribution is -2.29. The van der Waals surface area contributed by atoms with Crippen LogP contribution in [0.25, 0.3) is 0 Å². The molecule has 1 aromatic heterocycles. The maximum absolute atomic E-state index is 12.3. The van der Waals surface area contributed by atoms with Crippen molar-refractivity contribution in [3.8, 4) is 11.8 Å². The Hall–Kier alpha value is -1.86. The number of amides is 1. The molecule has 0 saturated heterocycles. The van der Waals surface area contributed by atoms with E-state index >= 15 is 0 Å². The minimum atomic E-state index is 0.00521. The fraction of sp³-hybridized carbons (Fsp3) is 0.429. The molecule has 2 rings (SSSR count). The zero-order valence-corrected chi connectivity index (χ0v) is 10.5. The van der Waals surface area contributed by atoms with Gasteiger partial charge < -0.3 is 10.6 Å². The Balaban J connectivity index is 2.17. The van der Waals surface area contributed by atoms with E-state index in [1.165, 1.54) is 12.8 Å². The molecule has 0 aliphatic heterocycles. The van der Waals surface area contributed by atoms with E-state index in [4.69, 9.17) is 5.73 Å². The maximum atomic E-state index is 12.3. The van der Waals surface area contributed by atoms with Gasteiger partial charge in [0.05, 0.1) is 17.7 Å². The largest absolute Gasteiger partial charge is 0.341 e. The Morgan fingerprint density at radius 2 is 2.39 bits per heavy atom. The number of hydrogen-bond acceptors (Lipinski definition) is 3. The number of carbonyl (C=O) groups excluding carboxylic acids is 1. The summed E-state index contributed by atoms with van der Waals surface area (Å²) in [7, 11) is 1.83. The molecule has 4 nitrogen and oxygen atoms in total. The summed E-state index contributed by atoms with van der Waals surface area (Å²) < 4.78 is 0. The first kappa shape index (κ1) is 12.6. The molecule has 1 aromatic rings. The highest BCUT2D eigenvalue weighted by atomic mass is 16.2. The molecule has 1 aliphatic rings. The molecule has 0 bridgehead atoms. The minimum absolute atomic E-state index is 0.00521.